The first kappa shape index (κ1) is 13.5. The van der Waals surface area contributed by atoms with Crippen LogP contribution in [-0.2, 0) is 17.8 Å². The van der Waals surface area contributed by atoms with Crippen LogP contribution in [0.5, 0.6) is 0 Å². The molecule has 0 saturated heterocycles. The number of aryl methyl sites for hydroxylation is 2. The lowest BCUT2D eigenvalue weighted by atomic mass is 9.95. The molecule has 0 aliphatic carbocycles. The van der Waals surface area contributed by atoms with Crippen LogP contribution in [0.25, 0.3) is 10.2 Å². The van der Waals surface area contributed by atoms with Crippen molar-refractivity contribution >= 4 is 33.1 Å². The fraction of sp³-hybridized carbons (Fsp3) is 0.312. The highest BCUT2D eigenvalue weighted by molar-refractivity contribution is 7.18. The zero-order valence-electron chi connectivity index (χ0n) is 12.2. The fourth-order valence-electron chi connectivity index (χ4n) is 2.96. The van der Waals surface area contributed by atoms with Crippen molar-refractivity contribution in [2.75, 3.05) is 5.32 Å². The number of thiazole rings is 1. The predicted molar refractivity (Wildman–Crippen MR) is 87.0 cm³/mol. The molecule has 6 heteroatoms. The summed E-state index contributed by atoms with van der Waals surface area (Å²) in [5, 5.41) is 4.07. The summed E-state index contributed by atoms with van der Waals surface area (Å²) in [7, 11) is 0. The zero-order valence-corrected chi connectivity index (χ0v) is 13.1. The standard InChI is InChI=1S/C16H16N4OS/c1-10-18-14-7-12(2-3-15(14)22-10)19-16(21)11-4-5-20-9-17-8-13(20)6-11/h2-3,7-9,11H,4-6H2,1H3,(H,19,21). The minimum atomic E-state index is 0.0112. The first-order chi connectivity index (χ1) is 10.7. The quantitative estimate of drug-likeness (QED) is 0.791. The van der Waals surface area contributed by atoms with Crippen molar-refractivity contribution in [2.45, 2.75) is 26.3 Å². The monoisotopic (exact) mass is 312 g/mol. The van der Waals surface area contributed by atoms with Gasteiger partial charge in [-0.15, -0.1) is 11.3 Å². The highest BCUT2D eigenvalue weighted by Gasteiger charge is 2.24. The molecule has 0 spiro atoms. The van der Waals surface area contributed by atoms with Crippen LogP contribution in [0.15, 0.2) is 30.7 Å². The molecular formula is C16H16N4OS. The van der Waals surface area contributed by atoms with Crippen molar-refractivity contribution in [1.29, 1.82) is 0 Å². The minimum Gasteiger partial charge on any atom is -0.335 e. The molecule has 2 aromatic heterocycles. The molecule has 4 rings (SSSR count). The molecule has 1 atom stereocenters. The molecule has 0 fully saturated rings. The van der Waals surface area contributed by atoms with E-state index in [1.54, 1.807) is 11.3 Å². The molecule has 1 aliphatic rings. The molecule has 112 valence electrons. The number of hydrogen-bond acceptors (Lipinski definition) is 4. The maximum atomic E-state index is 12.5. The van der Waals surface area contributed by atoms with Gasteiger partial charge >= 0.3 is 0 Å². The van der Waals surface area contributed by atoms with Crippen LogP contribution >= 0.6 is 11.3 Å². The molecule has 0 saturated carbocycles. The fourth-order valence-corrected chi connectivity index (χ4v) is 3.76. The summed E-state index contributed by atoms with van der Waals surface area (Å²) in [4.78, 5) is 21.1. The maximum absolute atomic E-state index is 12.5. The third-order valence-electron chi connectivity index (χ3n) is 4.11. The number of imidazole rings is 1. The molecule has 1 amide bonds. The van der Waals surface area contributed by atoms with Crippen LogP contribution < -0.4 is 5.32 Å². The summed E-state index contributed by atoms with van der Waals surface area (Å²) in [5.41, 5.74) is 2.90. The summed E-state index contributed by atoms with van der Waals surface area (Å²) < 4.78 is 3.27. The van der Waals surface area contributed by atoms with Crippen molar-refractivity contribution < 1.29 is 4.79 Å². The van der Waals surface area contributed by atoms with E-state index < -0.39 is 0 Å². The lowest BCUT2D eigenvalue weighted by Crippen LogP contribution is -2.29. The number of rotatable bonds is 2. The second-order valence-electron chi connectivity index (χ2n) is 5.67. The Morgan fingerprint density at radius 1 is 1.45 bits per heavy atom. The van der Waals surface area contributed by atoms with Crippen LogP contribution in [0.4, 0.5) is 5.69 Å². The molecule has 1 N–H and O–H groups in total. The minimum absolute atomic E-state index is 0.0112. The number of amides is 1. The molecule has 1 aromatic carbocycles. The van der Waals surface area contributed by atoms with Gasteiger partial charge in [0, 0.05) is 36.5 Å². The van der Waals surface area contributed by atoms with Crippen molar-refractivity contribution in [2.24, 2.45) is 5.92 Å². The number of carbonyl (C=O) groups excluding carboxylic acids is 1. The van der Waals surface area contributed by atoms with Crippen LogP contribution in [0.2, 0.25) is 0 Å². The van der Waals surface area contributed by atoms with Crippen LogP contribution in [0, 0.1) is 12.8 Å². The normalized spacial score (nSPS) is 17.4. The van der Waals surface area contributed by atoms with Gasteiger partial charge < -0.3 is 9.88 Å². The highest BCUT2D eigenvalue weighted by atomic mass is 32.1. The van der Waals surface area contributed by atoms with Gasteiger partial charge in [-0.3, -0.25) is 4.79 Å². The van der Waals surface area contributed by atoms with Gasteiger partial charge in [-0.1, -0.05) is 0 Å². The SMILES string of the molecule is Cc1nc2cc(NC(=O)C3CCn4cncc4C3)ccc2s1. The first-order valence-corrected chi connectivity index (χ1v) is 8.18. The largest absolute Gasteiger partial charge is 0.335 e. The first-order valence-electron chi connectivity index (χ1n) is 7.36. The van der Waals surface area contributed by atoms with Gasteiger partial charge in [0.25, 0.3) is 0 Å². The van der Waals surface area contributed by atoms with Gasteiger partial charge in [0.05, 0.1) is 21.6 Å². The van der Waals surface area contributed by atoms with E-state index in [-0.39, 0.29) is 11.8 Å². The summed E-state index contributed by atoms with van der Waals surface area (Å²) in [6, 6.07) is 5.92. The number of hydrogen-bond donors (Lipinski definition) is 1. The van der Waals surface area contributed by atoms with E-state index in [9.17, 15) is 4.79 Å². The number of fused-ring (bicyclic) bond motifs is 2. The molecular weight excluding hydrogens is 296 g/mol. The Bertz CT molecular complexity index is 851. The Morgan fingerprint density at radius 2 is 2.36 bits per heavy atom. The molecule has 3 heterocycles. The smallest absolute Gasteiger partial charge is 0.227 e. The third kappa shape index (κ3) is 2.39. The predicted octanol–water partition coefficient (Wildman–Crippen LogP) is 3.00. The van der Waals surface area contributed by atoms with Gasteiger partial charge in [-0.25, -0.2) is 9.97 Å². The van der Waals surface area contributed by atoms with E-state index in [4.69, 9.17) is 0 Å². The van der Waals surface area contributed by atoms with E-state index >= 15 is 0 Å². The number of anilines is 1. The van der Waals surface area contributed by atoms with Crippen LogP contribution in [-0.4, -0.2) is 20.4 Å². The average molecular weight is 312 g/mol. The van der Waals surface area contributed by atoms with E-state index in [0.29, 0.717) is 0 Å². The lowest BCUT2D eigenvalue weighted by Gasteiger charge is -2.22. The Hall–Kier alpha value is -2.21. The molecule has 0 bridgehead atoms. The van der Waals surface area contributed by atoms with Gasteiger partial charge in [0.2, 0.25) is 5.91 Å². The number of nitrogens with one attached hydrogen (secondary N) is 1. The van der Waals surface area contributed by atoms with Gasteiger partial charge in [0.1, 0.15) is 0 Å². The van der Waals surface area contributed by atoms with E-state index in [1.165, 1.54) is 0 Å². The van der Waals surface area contributed by atoms with Crippen LogP contribution in [0.3, 0.4) is 0 Å². The molecule has 5 nitrogen and oxygen atoms in total. The van der Waals surface area contributed by atoms with Crippen molar-refractivity contribution in [3.8, 4) is 0 Å². The molecule has 1 unspecified atom stereocenters. The summed E-state index contributed by atoms with van der Waals surface area (Å²) in [6.07, 6.45) is 5.29. The molecule has 0 radical (unpaired) electrons. The van der Waals surface area contributed by atoms with Gasteiger partial charge in [-0.2, -0.15) is 0 Å². The van der Waals surface area contributed by atoms with Crippen molar-refractivity contribution in [3.05, 3.63) is 41.4 Å². The lowest BCUT2D eigenvalue weighted by molar-refractivity contribution is -0.120. The van der Waals surface area contributed by atoms with Gasteiger partial charge in [0.15, 0.2) is 0 Å². The zero-order chi connectivity index (χ0) is 15.1. The second kappa shape index (κ2) is 5.21. The number of carbonyl (C=O) groups is 1. The Balaban J connectivity index is 1.51. The van der Waals surface area contributed by atoms with Crippen molar-refractivity contribution in [1.82, 2.24) is 14.5 Å². The van der Waals surface area contributed by atoms with Gasteiger partial charge in [-0.05, 0) is 31.5 Å². The van der Waals surface area contributed by atoms with E-state index in [0.717, 1.165) is 46.0 Å². The van der Waals surface area contributed by atoms with Crippen LogP contribution in [0.1, 0.15) is 17.1 Å². The van der Waals surface area contributed by atoms with Crippen molar-refractivity contribution in [3.63, 3.8) is 0 Å². The summed E-state index contributed by atoms with van der Waals surface area (Å²) in [6.45, 7) is 2.85. The summed E-state index contributed by atoms with van der Waals surface area (Å²) >= 11 is 1.67. The summed E-state index contributed by atoms with van der Waals surface area (Å²) in [5.74, 6) is 0.0934. The molecule has 22 heavy (non-hydrogen) atoms. The Morgan fingerprint density at radius 3 is 3.27 bits per heavy atom. The molecule has 1 aliphatic heterocycles. The highest BCUT2D eigenvalue weighted by Crippen LogP contribution is 2.26. The number of benzene rings is 1. The van der Waals surface area contributed by atoms with E-state index in [2.05, 4.69) is 19.9 Å². The second-order valence-corrected chi connectivity index (χ2v) is 6.91. The third-order valence-corrected chi connectivity index (χ3v) is 5.06. The number of nitrogens with zero attached hydrogens (tertiary/aromatic N) is 3. The molecule has 3 aromatic rings. The average Bonchev–Trinajstić information content (AvgIpc) is 3.10. The number of aromatic nitrogens is 3. The maximum Gasteiger partial charge on any atom is 0.227 e. The van der Waals surface area contributed by atoms with E-state index in [1.807, 2.05) is 37.6 Å². The topological polar surface area (TPSA) is 59.8 Å². The Labute approximate surface area is 132 Å². The Kier molecular flexibility index (Phi) is 3.18.